The van der Waals surface area contributed by atoms with Crippen LogP contribution in [0, 0.1) is 6.92 Å². The summed E-state index contributed by atoms with van der Waals surface area (Å²) in [5.74, 6) is 0.673. The topological polar surface area (TPSA) is 62.8 Å². The van der Waals surface area contributed by atoms with Crippen LogP contribution in [0.3, 0.4) is 0 Å². The van der Waals surface area contributed by atoms with Gasteiger partial charge in [-0.25, -0.2) is 0 Å². The van der Waals surface area contributed by atoms with Crippen LogP contribution in [-0.4, -0.2) is 50.2 Å². The van der Waals surface area contributed by atoms with Gasteiger partial charge in [0.2, 0.25) is 0 Å². The molecule has 2 rings (SSSR count). The molecule has 0 radical (unpaired) electrons. The Balaban J connectivity index is 1.91. The minimum absolute atomic E-state index is 0.156. The number of hydrogen-bond donors (Lipinski definition) is 2. The van der Waals surface area contributed by atoms with Crippen molar-refractivity contribution < 1.29 is 14.3 Å². The zero-order chi connectivity index (χ0) is 23.3. The van der Waals surface area contributed by atoms with Crippen molar-refractivity contribution in [1.29, 1.82) is 0 Å². The van der Waals surface area contributed by atoms with Crippen LogP contribution in [0.2, 0.25) is 5.02 Å². The van der Waals surface area contributed by atoms with Gasteiger partial charge in [0.1, 0.15) is 0 Å². The Morgan fingerprint density at radius 1 is 1.06 bits per heavy atom. The summed E-state index contributed by atoms with van der Waals surface area (Å²) in [5, 5.41) is 6.70. The van der Waals surface area contributed by atoms with Gasteiger partial charge >= 0.3 is 0 Å². The molecule has 0 atom stereocenters. The third kappa shape index (κ3) is 8.69. The number of hydrogen-bond acceptors (Lipinski definition) is 5. The lowest BCUT2D eigenvalue weighted by atomic mass is 10.2. The molecule has 1 amide bonds. The van der Waals surface area contributed by atoms with E-state index in [1.165, 1.54) is 0 Å². The van der Waals surface area contributed by atoms with Gasteiger partial charge in [-0.3, -0.25) is 4.79 Å². The highest BCUT2D eigenvalue weighted by molar-refractivity contribution is 6.32. The van der Waals surface area contributed by atoms with Gasteiger partial charge in [0.25, 0.3) is 5.91 Å². The quantitative estimate of drug-likeness (QED) is 0.392. The molecule has 0 fully saturated rings. The molecule has 0 aliphatic rings. The molecule has 0 aliphatic heterocycles. The van der Waals surface area contributed by atoms with Crippen LogP contribution in [0.15, 0.2) is 36.4 Å². The number of benzene rings is 2. The summed E-state index contributed by atoms with van der Waals surface area (Å²) in [4.78, 5) is 14.7. The van der Waals surface area contributed by atoms with E-state index in [1.807, 2.05) is 50.2 Å². The van der Waals surface area contributed by atoms with E-state index in [4.69, 9.17) is 21.1 Å². The maximum atomic E-state index is 12.3. The highest BCUT2D eigenvalue weighted by Crippen LogP contribution is 2.36. The van der Waals surface area contributed by atoms with Crippen molar-refractivity contribution >= 4 is 23.2 Å². The predicted octanol–water partition coefficient (Wildman–Crippen LogP) is 4.89. The van der Waals surface area contributed by atoms with Crippen molar-refractivity contribution in [3.63, 3.8) is 0 Å². The first-order chi connectivity index (χ1) is 15.5. The monoisotopic (exact) mass is 461 g/mol. The lowest BCUT2D eigenvalue weighted by Gasteiger charge is -2.18. The smallest absolute Gasteiger partial charge is 0.262 e. The summed E-state index contributed by atoms with van der Waals surface area (Å²) in [6.07, 6.45) is 1.09. The van der Waals surface area contributed by atoms with Crippen LogP contribution in [0.1, 0.15) is 38.3 Å². The molecule has 32 heavy (non-hydrogen) atoms. The minimum Gasteiger partial charge on any atom is -0.490 e. The summed E-state index contributed by atoms with van der Waals surface area (Å²) in [6.45, 7) is 13.4. The van der Waals surface area contributed by atoms with Crippen LogP contribution in [0.5, 0.6) is 11.5 Å². The Labute approximate surface area is 197 Å². The van der Waals surface area contributed by atoms with E-state index in [0.29, 0.717) is 29.7 Å². The number of ether oxygens (including phenoxy) is 2. The summed E-state index contributed by atoms with van der Waals surface area (Å²) in [5.41, 5.74) is 2.87. The molecule has 0 heterocycles. The highest BCUT2D eigenvalue weighted by Gasteiger charge is 2.14. The molecule has 0 spiro atoms. The van der Waals surface area contributed by atoms with E-state index in [2.05, 4.69) is 29.4 Å². The van der Waals surface area contributed by atoms with E-state index in [-0.39, 0.29) is 12.5 Å². The Bertz CT molecular complexity index is 839. The average Bonchev–Trinajstić information content (AvgIpc) is 2.77. The third-order valence-corrected chi connectivity index (χ3v) is 5.38. The predicted molar refractivity (Wildman–Crippen MR) is 132 cm³/mol. The summed E-state index contributed by atoms with van der Waals surface area (Å²) < 4.78 is 11.5. The molecule has 2 aromatic carbocycles. The van der Waals surface area contributed by atoms with Gasteiger partial charge < -0.3 is 25.0 Å². The fourth-order valence-corrected chi connectivity index (χ4v) is 3.59. The highest BCUT2D eigenvalue weighted by atomic mass is 35.5. The summed E-state index contributed by atoms with van der Waals surface area (Å²) in [6, 6.07) is 11.4. The van der Waals surface area contributed by atoms with Crippen molar-refractivity contribution in [1.82, 2.24) is 10.2 Å². The summed E-state index contributed by atoms with van der Waals surface area (Å²) >= 11 is 6.48. The molecule has 7 heteroatoms. The van der Waals surface area contributed by atoms with Crippen molar-refractivity contribution in [2.24, 2.45) is 0 Å². The average molecular weight is 462 g/mol. The van der Waals surface area contributed by atoms with Crippen LogP contribution < -0.4 is 20.1 Å². The van der Waals surface area contributed by atoms with Crippen LogP contribution in [0.4, 0.5) is 5.69 Å². The van der Waals surface area contributed by atoms with Gasteiger partial charge in [0.15, 0.2) is 18.1 Å². The fourth-order valence-electron chi connectivity index (χ4n) is 3.30. The van der Waals surface area contributed by atoms with Gasteiger partial charge in [-0.1, -0.05) is 43.1 Å². The van der Waals surface area contributed by atoms with Gasteiger partial charge in [-0.15, -0.1) is 0 Å². The van der Waals surface area contributed by atoms with Crippen LogP contribution in [-0.2, 0) is 11.3 Å². The molecular weight excluding hydrogens is 426 g/mol. The number of carbonyl (C=O) groups is 1. The molecule has 2 N–H and O–H groups in total. The third-order valence-electron chi connectivity index (χ3n) is 5.10. The Kier molecular flexibility index (Phi) is 11.4. The molecule has 6 nitrogen and oxygen atoms in total. The Morgan fingerprint density at radius 3 is 2.44 bits per heavy atom. The lowest BCUT2D eigenvalue weighted by molar-refractivity contribution is -0.118. The number of amides is 1. The van der Waals surface area contributed by atoms with Crippen molar-refractivity contribution in [3.8, 4) is 11.5 Å². The maximum Gasteiger partial charge on any atom is 0.262 e. The van der Waals surface area contributed by atoms with Crippen molar-refractivity contribution in [2.75, 3.05) is 44.7 Å². The number of anilines is 1. The number of nitrogens with zero attached hydrogens (tertiary/aromatic N) is 1. The molecule has 0 saturated heterocycles. The second kappa shape index (κ2) is 14.0. The number of carbonyl (C=O) groups excluding carboxylic acids is 1. The molecule has 176 valence electrons. The Morgan fingerprint density at radius 2 is 1.78 bits per heavy atom. The normalized spacial score (nSPS) is 10.9. The van der Waals surface area contributed by atoms with Crippen molar-refractivity contribution in [2.45, 2.75) is 40.7 Å². The lowest BCUT2D eigenvalue weighted by Crippen LogP contribution is -2.27. The van der Waals surface area contributed by atoms with E-state index >= 15 is 0 Å². The van der Waals surface area contributed by atoms with E-state index in [0.717, 1.165) is 49.4 Å². The Hall–Kier alpha value is -2.28. The largest absolute Gasteiger partial charge is 0.490 e. The van der Waals surface area contributed by atoms with E-state index in [9.17, 15) is 4.79 Å². The zero-order valence-corrected chi connectivity index (χ0v) is 20.4. The number of rotatable bonds is 14. The second-order valence-electron chi connectivity index (χ2n) is 7.60. The van der Waals surface area contributed by atoms with Gasteiger partial charge in [0, 0.05) is 12.2 Å². The molecule has 0 aromatic heterocycles. The second-order valence-corrected chi connectivity index (χ2v) is 8.01. The maximum absolute atomic E-state index is 12.3. The standard InChI is InChI=1S/C25H36ClN3O3/c1-5-29(6-2)14-8-13-27-17-20-15-22(26)25(23(16-20)31-7-3)32-18-24(30)28-21-11-9-19(4)10-12-21/h9-12,15-16,27H,5-8,13-14,17-18H2,1-4H3,(H,28,30). The SMILES string of the molecule is CCOc1cc(CNCCCN(CC)CC)cc(Cl)c1OCC(=O)Nc1ccc(C)cc1. The molecule has 0 unspecified atom stereocenters. The first-order valence-electron chi connectivity index (χ1n) is 11.3. The first-order valence-corrected chi connectivity index (χ1v) is 11.7. The number of aryl methyl sites for hydroxylation is 1. The molecule has 0 aliphatic carbocycles. The van der Waals surface area contributed by atoms with E-state index < -0.39 is 0 Å². The summed E-state index contributed by atoms with van der Waals surface area (Å²) in [7, 11) is 0. The number of halogens is 1. The van der Waals surface area contributed by atoms with Gasteiger partial charge in [-0.05, 0) is 76.3 Å². The molecule has 2 aromatic rings. The zero-order valence-electron chi connectivity index (χ0n) is 19.7. The molecule has 0 bridgehead atoms. The number of nitrogens with one attached hydrogen (secondary N) is 2. The fraction of sp³-hybridized carbons (Fsp3) is 0.480. The van der Waals surface area contributed by atoms with Crippen LogP contribution >= 0.6 is 11.6 Å². The minimum atomic E-state index is -0.258. The van der Waals surface area contributed by atoms with Crippen LogP contribution in [0.25, 0.3) is 0 Å². The van der Waals surface area contributed by atoms with Crippen molar-refractivity contribution in [3.05, 3.63) is 52.5 Å². The first kappa shape index (κ1) is 26.0. The van der Waals surface area contributed by atoms with E-state index in [1.54, 1.807) is 0 Å². The molecular formula is C25H36ClN3O3. The molecule has 0 saturated carbocycles. The van der Waals surface area contributed by atoms with Gasteiger partial charge in [-0.2, -0.15) is 0 Å². The van der Waals surface area contributed by atoms with Gasteiger partial charge in [0.05, 0.1) is 11.6 Å².